The van der Waals surface area contributed by atoms with Crippen molar-refractivity contribution in [3.63, 3.8) is 0 Å². The van der Waals surface area contributed by atoms with E-state index in [4.69, 9.17) is 12.8 Å². The Labute approximate surface area is 119 Å². The number of carbonyl (C=O) groups is 2. The second kappa shape index (κ2) is 5.35. The van der Waals surface area contributed by atoms with Crippen molar-refractivity contribution in [3.8, 4) is 24.7 Å². The van der Waals surface area contributed by atoms with Crippen LogP contribution in [0.2, 0.25) is 0 Å². The number of aryl methyl sites for hydroxylation is 2. The van der Waals surface area contributed by atoms with Crippen LogP contribution in [0.4, 0.5) is 0 Å². The summed E-state index contributed by atoms with van der Waals surface area (Å²) in [7, 11) is 0. The average molecular weight is 264 g/mol. The van der Waals surface area contributed by atoms with E-state index in [0.29, 0.717) is 6.42 Å². The van der Waals surface area contributed by atoms with Gasteiger partial charge in [0.15, 0.2) is 5.78 Å². The van der Waals surface area contributed by atoms with Gasteiger partial charge < -0.3 is 0 Å². The molecule has 0 amide bonds. The number of hydrogen-bond donors (Lipinski definition) is 0. The minimum atomic E-state index is -0.667. The highest BCUT2D eigenvalue weighted by atomic mass is 16.2. The summed E-state index contributed by atoms with van der Waals surface area (Å²) in [4.78, 5) is 24.6. The van der Waals surface area contributed by atoms with Crippen molar-refractivity contribution in [2.45, 2.75) is 32.6 Å². The molecule has 0 aromatic heterocycles. The molecule has 2 nitrogen and oxygen atoms in total. The van der Waals surface area contributed by atoms with Gasteiger partial charge in [-0.15, -0.1) is 18.8 Å². The van der Waals surface area contributed by atoms with E-state index in [0.717, 1.165) is 22.3 Å². The van der Waals surface area contributed by atoms with Crippen LogP contribution < -0.4 is 0 Å². The van der Waals surface area contributed by atoms with Crippen LogP contribution in [0.15, 0.2) is 12.1 Å². The van der Waals surface area contributed by atoms with Crippen molar-refractivity contribution >= 4 is 11.6 Å². The molecule has 2 heteroatoms. The van der Waals surface area contributed by atoms with E-state index in [9.17, 15) is 9.59 Å². The average Bonchev–Trinajstić information content (AvgIpc) is 2.66. The minimum Gasteiger partial charge on any atom is -0.298 e. The van der Waals surface area contributed by atoms with Crippen LogP contribution >= 0.6 is 0 Å². The first-order valence-electron chi connectivity index (χ1n) is 6.57. The van der Waals surface area contributed by atoms with Gasteiger partial charge in [-0.05, 0) is 42.7 Å². The maximum atomic E-state index is 12.4. The van der Waals surface area contributed by atoms with E-state index >= 15 is 0 Å². The first-order chi connectivity index (χ1) is 9.49. The predicted octanol–water partition coefficient (Wildman–Crippen LogP) is 2.55. The molecule has 2 rings (SSSR count). The minimum absolute atomic E-state index is 0.0325. The van der Waals surface area contributed by atoms with Gasteiger partial charge >= 0.3 is 0 Å². The summed E-state index contributed by atoms with van der Waals surface area (Å²) in [5.41, 5.74) is 3.36. The molecule has 1 aromatic rings. The zero-order valence-corrected chi connectivity index (χ0v) is 11.7. The monoisotopic (exact) mass is 264 g/mol. The fourth-order valence-corrected chi connectivity index (χ4v) is 2.99. The molecular formula is C18H16O2. The molecule has 0 aliphatic heterocycles. The summed E-state index contributed by atoms with van der Waals surface area (Å²) in [6, 6.07) is 3.69. The number of carbonyl (C=O) groups excluding carboxylic acids is 2. The second-order valence-corrected chi connectivity index (χ2v) is 5.28. The highest BCUT2D eigenvalue weighted by Crippen LogP contribution is 2.37. The molecule has 1 aromatic carbocycles. The van der Waals surface area contributed by atoms with Crippen LogP contribution in [0.5, 0.6) is 0 Å². The Hall–Kier alpha value is -2.32. The molecule has 1 saturated carbocycles. The number of ketones is 2. The van der Waals surface area contributed by atoms with E-state index in [1.54, 1.807) is 0 Å². The molecule has 0 saturated heterocycles. The van der Waals surface area contributed by atoms with E-state index in [1.807, 2.05) is 26.0 Å². The SMILES string of the molecule is C#CCC1CC(=O)C(c2c(C)cc(C#C)cc2C)C1=O. The topological polar surface area (TPSA) is 34.1 Å². The lowest BCUT2D eigenvalue weighted by Gasteiger charge is -2.15. The van der Waals surface area contributed by atoms with Crippen LogP contribution in [0.1, 0.15) is 41.0 Å². The summed E-state index contributed by atoms with van der Waals surface area (Å²) in [6.07, 6.45) is 11.3. The highest BCUT2D eigenvalue weighted by Gasteiger charge is 2.42. The number of hydrogen-bond acceptors (Lipinski definition) is 2. The first kappa shape index (κ1) is 14.1. The van der Waals surface area contributed by atoms with Crippen molar-refractivity contribution < 1.29 is 9.59 Å². The van der Waals surface area contributed by atoms with Crippen molar-refractivity contribution in [2.75, 3.05) is 0 Å². The summed E-state index contributed by atoms with van der Waals surface area (Å²) in [6.45, 7) is 3.77. The van der Waals surface area contributed by atoms with Crippen molar-refractivity contribution in [2.24, 2.45) is 5.92 Å². The first-order valence-corrected chi connectivity index (χ1v) is 6.57. The van der Waals surface area contributed by atoms with E-state index in [2.05, 4.69) is 11.8 Å². The van der Waals surface area contributed by atoms with Crippen molar-refractivity contribution in [1.29, 1.82) is 0 Å². The molecule has 20 heavy (non-hydrogen) atoms. The van der Waals surface area contributed by atoms with Gasteiger partial charge in [0.05, 0.1) is 0 Å². The van der Waals surface area contributed by atoms with Crippen LogP contribution in [0.25, 0.3) is 0 Å². The Morgan fingerprint density at radius 1 is 1.20 bits per heavy atom. The Balaban J connectivity index is 2.48. The largest absolute Gasteiger partial charge is 0.298 e. The van der Waals surface area contributed by atoms with Gasteiger partial charge in [-0.25, -0.2) is 0 Å². The number of benzene rings is 1. The Bertz CT molecular complexity index is 645. The molecule has 1 aliphatic rings. The fourth-order valence-electron chi connectivity index (χ4n) is 2.99. The van der Waals surface area contributed by atoms with Gasteiger partial charge in [0.25, 0.3) is 0 Å². The predicted molar refractivity (Wildman–Crippen MR) is 78.2 cm³/mol. The molecule has 2 unspecified atom stereocenters. The van der Waals surface area contributed by atoms with Gasteiger partial charge in [0.2, 0.25) is 0 Å². The van der Waals surface area contributed by atoms with Crippen molar-refractivity contribution in [3.05, 3.63) is 34.4 Å². The van der Waals surface area contributed by atoms with Gasteiger partial charge in [-0.3, -0.25) is 9.59 Å². The fraction of sp³-hybridized carbons (Fsp3) is 0.333. The Morgan fingerprint density at radius 3 is 2.30 bits per heavy atom. The molecular weight excluding hydrogens is 248 g/mol. The van der Waals surface area contributed by atoms with Gasteiger partial charge in [0.1, 0.15) is 11.7 Å². The summed E-state index contributed by atoms with van der Waals surface area (Å²) in [5, 5.41) is 0. The highest BCUT2D eigenvalue weighted by molar-refractivity contribution is 6.15. The number of rotatable bonds is 2. The standard InChI is InChI=1S/C18H16O2/c1-5-7-14-10-15(19)17(18(14)20)16-11(3)8-13(6-2)9-12(16)4/h1-2,8-9,14,17H,7,10H2,3-4H3. The molecule has 1 aliphatic carbocycles. The third-order valence-corrected chi connectivity index (χ3v) is 3.87. The summed E-state index contributed by atoms with van der Waals surface area (Å²) >= 11 is 0. The molecule has 0 N–H and O–H groups in total. The normalized spacial score (nSPS) is 21.6. The van der Waals surface area contributed by atoms with E-state index in [1.165, 1.54) is 0 Å². The molecule has 2 atom stereocenters. The lowest BCUT2D eigenvalue weighted by atomic mass is 9.86. The van der Waals surface area contributed by atoms with Crippen LogP contribution in [-0.4, -0.2) is 11.6 Å². The van der Waals surface area contributed by atoms with Gasteiger partial charge in [0, 0.05) is 24.3 Å². The van der Waals surface area contributed by atoms with Crippen LogP contribution in [0, 0.1) is 44.5 Å². The molecule has 0 bridgehead atoms. The van der Waals surface area contributed by atoms with E-state index < -0.39 is 5.92 Å². The lowest BCUT2D eigenvalue weighted by molar-refractivity contribution is -0.124. The van der Waals surface area contributed by atoms with E-state index in [-0.39, 0.29) is 23.9 Å². The summed E-state index contributed by atoms with van der Waals surface area (Å²) < 4.78 is 0. The second-order valence-electron chi connectivity index (χ2n) is 5.28. The van der Waals surface area contributed by atoms with Gasteiger partial charge in [-0.2, -0.15) is 0 Å². The van der Waals surface area contributed by atoms with Gasteiger partial charge in [-0.1, -0.05) is 5.92 Å². The lowest BCUT2D eigenvalue weighted by Crippen LogP contribution is -2.17. The third-order valence-electron chi connectivity index (χ3n) is 3.87. The molecule has 100 valence electrons. The zero-order chi connectivity index (χ0) is 14.9. The number of terminal acetylenes is 2. The molecule has 1 fully saturated rings. The molecule has 0 radical (unpaired) electrons. The maximum Gasteiger partial charge on any atom is 0.152 e. The quantitative estimate of drug-likeness (QED) is 0.607. The van der Waals surface area contributed by atoms with Crippen LogP contribution in [-0.2, 0) is 9.59 Å². The maximum absolute atomic E-state index is 12.4. The zero-order valence-electron chi connectivity index (χ0n) is 11.7. The van der Waals surface area contributed by atoms with Crippen molar-refractivity contribution in [1.82, 2.24) is 0 Å². The molecule has 0 spiro atoms. The third kappa shape index (κ3) is 2.26. The van der Waals surface area contributed by atoms with Crippen LogP contribution in [0.3, 0.4) is 0 Å². The Kier molecular flexibility index (Phi) is 3.77. The summed E-state index contributed by atoms with van der Waals surface area (Å²) in [5.74, 6) is 3.98. The smallest absolute Gasteiger partial charge is 0.152 e. The molecule has 0 heterocycles. The number of Topliss-reactive ketones (excluding diaryl/α,β-unsaturated/α-hetero) is 2. The Morgan fingerprint density at radius 2 is 1.80 bits per heavy atom.